The molecule has 6 nitrogen and oxygen atoms in total. The number of rotatable bonds is 6. The minimum absolute atomic E-state index is 0.0338. The summed E-state index contributed by atoms with van der Waals surface area (Å²) < 4.78 is 6.18. The highest BCUT2D eigenvalue weighted by Gasteiger charge is 2.28. The molecular weight excluding hydrogens is 296 g/mol. The molecule has 0 unspecified atom stereocenters. The van der Waals surface area contributed by atoms with Gasteiger partial charge in [0.25, 0.3) is 0 Å². The first-order valence-corrected chi connectivity index (χ1v) is 8.43. The average molecular weight is 316 g/mol. The lowest BCUT2D eigenvalue weighted by molar-refractivity contribution is -0.119. The van der Waals surface area contributed by atoms with Gasteiger partial charge in [0.15, 0.2) is 4.34 Å². The summed E-state index contributed by atoms with van der Waals surface area (Å²) in [6, 6.07) is 0. The number of morpholine rings is 1. The molecule has 1 fully saturated rings. The molecule has 0 radical (unpaired) electrons. The molecule has 1 amide bonds. The van der Waals surface area contributed by atoms with Gasteiger partial charge < -0.3 is 10.1 Å². The van der Waals surface area contributed by atoms with Crippen LogP contribution in [-0.4, -0.2) is 65.1 Å². The van der Waals surface area contributed by atoms with Gasteiger partial charge in [-0.1, -0.05) is 23.1 Å². The third kappa shape index (κ3) is 4.69. The zero-order chi connectivity index (χ0) is 14.4. The van der Waals surface area contributed by atoms with Crippen molar-refractivity contribution in [3.8, 4) is 0 Å². The van der Waals surface area contributed by atoms with E-state index in [0.29, 0.717) is 12.3 Å². The second kappa shape index (κ2) is 7.35. The minimum Gasteiger partial charge on any atom is -0.379 e. The molecule has 1 aromatic rings. The molecule has 112 valence electrons. The number of carbonyl (C=O) groups excluding carboxylic acids is 1. The maximum atomic E-state index is 11.8. The van der Waals surface area contributed by atoms with E-state index in [1.54, 1.807) is 5.51 Å². The quantitative estimate of drug-likeness (QED) is 0.785. The Morgan fingerprint density at radius 1 is 1.55 bits per heavy atom. The van der Waals surface area contributed by atoms with Crippen molar-refractivity contribution in [2.24, 2.45) is 0 Å². The van der Waals surface area contributed by atoms with Gasteiger partial charge in [0.1, 0.15) is 5.51 Å². The van der Waals surface area contributed by atoms with Crippen LogP contribution in [0.15, 0.2) is 9.85 Å². The highest BCUT2D eigenvalue weighted by Crippen LogP contribution is 2.19. The maximum Gasteiger partial charge on any atom is 0.230 e. The normalized spacial score (nSPS) is 17.1. The van der Waals surface area contributed by atoms with Crippen LogP contribution in [-0.2, 0) is 9.53 Å². The third-order valence-electron chi connectivity index (χ3n) is 3.25. The number of thioether (sulfide) groups is 1. The highest BCUT2D eigenvalue weighted by atomic mass is 32.2. The predicted molar refractivity (Wildman–Crippen MR) is 80.1 cm³/mol. The molecule has 1 saturated heterocycles. The first kappa shape index (κ1) is 15.7. The predicted octanol–water partition coefficient (Wildman–Crippen LogP) is 0.857. The molecule has 1 aliphatic heterocycles. The Bertz CT molecular complexity index is 419. The highest BCUT2D eigenvalue weighted by molar-refractivity contribution is 8.01. The number of aromatic nitrogens is 2. The topological polar surface area (TPSA) is 67.4 Å². The third-order valence-corrected chi connectivity index (χ3v) is 5.11. The van der Waals surface area contributed by atoms with Crippen molar-refractivity contribution in [3.05, 3.63) is 5.51 Å². The SMILES string of the molecule is CC(C)(CNC(=O)CSc1nncs1)N1CCOCC1. The van der Waals surface area contributed by atoms with Gasteiger partial charge in [0.2, 0.25) is 5.91 Å². The maximum absolute atomic E-state index is 11.8. The fourth-order valence-corrected chi connectivity index (χ4v) is 3.32. The summed E-state index contributed by atoms with van der Waals surface area (Å²) in [6.07, 6.45) is 0. The van der Waals surface area contributed by atoms with Crippen LogP contribution in [0.25, 0.3) is 0 Å². The Balaban J connectivity index is 1.71. The Kier molecular flexibility index (Phi) is 5.76. The van der Waals surface area contributed by atoms with Crippen molar-refractivity contribution in [3.63, 3.8) is 0 Å². The summed E-state index contributed by atoms with van der Waals surface area (Å²) in [6.45, 7) is 8.31. The van der Waals surface area contributed by atoms with E-state index in [4.69, 9.17) is 4.74 Å². The largest absolute Gasteiger partial charge is 0.379 e. The molecule has 1 N–H and O–H groups in total. The Hall–Kier alpha value is -0.700. The van der Waals surface area contributed by atoms with E-state index in [1.807, 2.05) is 0 Å². The second-order valence-corrected chi connectivity index (χ2v) is 7.24. The van der Waals surface area contributed by atoms with E-state index in [-0.39, 0.29) is 11.4 Å². The summed E-state index contributed by atoms with van der Waals surface area (Å²) in [5.74, 6) is 0.417. The molecule has 0 aliphatic carbocycles. The fraction of sp³-hybridized carbons (Fsp3) is 0.750. The van der Waals surface area contributed by atoms with Gasteiger partial charge in [-0.15, -0.1) is 10.2 Å². The molecule has 20 heavy (non-hydrogen) atoms. The number of hydrogen-bond acceptors (Lipinski definition) is 7. The molecule has 0 atom stereocenters. The Labute approximate surface area is 127 Å². The van der Waals surface area contributed by atoms with Crippen molar-refractivity contribution in [2.75, 3.05) is 38.6 Å². The number of hydrogen-bond donors (Lipinski definition) is 1. The summed E-state index contributed by atoms with van der Waals surface area (Å²) >= 11 is 2.87. The van der Waals surface area contributed by atoms with E-state index in [2.05, 4.69) is 34.3 Å². The molecule has 0 bridgehead atoms. The van der Waals surface area contributed by atoms with Crippen LogP contribution in [0.2, 0.25) is 0 Å². The van der Waals surface area contributed by atoms with Gasteiger partial charge in [0.05, 0.1) is 19.0 Å². The number of carbonyl (C=O) groups is 1. The monoisotopic (exact) mass is 316 g/mol. The first-order chi connectivity index (χ1) is 9.58. The summed E-state index contributed by atoms with van der Waals surface area (Å²) in [4.78, 5) is 14.2. The van der Waals surface area contributed by atoms with Crippen molar-refractivity contribution < 1.29 is 9.53 Å². The molecule has 2 rings (SSSR count). The van der Waals surface area contributed by atoms with Crippen LogP contribution in [0.4, 0.5) is 0 Å². The van der Waals surface area contributed by atoms with Crippen molar-refractivity contribution in [1.82, 2.24) is 20.4 Å². The minimum atomic E-state index is -0.0488. The Morgan fingerprint density at radius 3 is 2.95 bits per heavy atom. The van der Waals surface area contributed by atoms with Crippen LogP contribution in [0.5, 0.6) is 0 Å². The lowest BCUT2D eigenvalue weighted by Crippen LogP contribution is -2.55. The molecule has 0 saturated carbocycles. The van der Waals surface area contributed by atoms with Gasteiger partial charge in [-0.25, -0.2) is 0 Å². The van der Waals surface area contributed by atoms with Gasteiger partial charge in [-0.2, -0.15) is 0 Å². The van der Waals surface area contributed by atoms with Crippen molar-refractivity contribution in [2.45, 2.75) is 23.7 Å². The van der Waals surface area contributed by atoms with Crippen LogP contribution in [0.3, 0.4) is 0 Å². The standard InChI is InChI=1S/C12H20N4O2S2/c1-12(2,16-3-5-18-6-4-16)8-13-10(17)7-19-11-15-14-9-20-11/h9H,3-8H2,1-2H3,(H,13,17). The summed E-state index contributed by atoms with van der Waals surface area (Å²) in [5.41, 5.74) is 1.62. The second-order valence-electron chi connectivity index (χ2n) is 5.18. The molecule has 2 heterocycles. The lowest BCUT2D eigenvalue weighted by atomic mass is 10.0. The number of nitrogens with one attached hydrogen (secondary N) is 1. The van der Waals surface area contributed by atoms with Gasteiger partial charge >= 0.3 is 0 Å². The van der Waals surface area contributed by atoms with Gasteiger partial charge in [0, 0.05) is 25.2 Å². The fourth-order valence-electron chi connectivity index (χ4n) is 2.00. The number of ether oxygens (including phenoxy) is 1. The van der Waals surface area contributed by atoms with Crippen molar-refractivity contribution >= 4 is 29.0 Å². The molecular formula is C12H20N4O2S2. The van der Waals surface area contributed by atoms with Crippen LogP contribution >= 0.6 is 23.1 Å². The molecule has 0 spiro atoms. The zero-order valence-electron chi connectivity index (χ0n) is 11.8. The summed E-state index contributed by atoms with van der Waals surface area (Å²) in [7, 11) is 0. The van der Waals surface area contributed by atoms with Gasteiger partial charge in [-0.3, -0.25) is 9.69 Å². The van der Waals surface area contributed by atoms with E-state index < -0.39 is 0 Å². The van der Waals surface area contributed by atoms with E-state index >= 15 is 0 Å². The molecule has 1 aliphatic rings. The average Bonchev–Trinajstić information content (AvgIpc) is 2.97. The van der Waals surface area contributed by atoms with E-state index in [1.165, 1.54) is 23.1 Å². The smallest absolute Gasteiger partial charge is 0.230 e. The van der Waals surface area contributed by atoms with Crippen LogP contribution in [0, 0.1) is 0 Å². The summed E-state index contributed by atoms with van der Waals surface area (Å²) in [5, 5.41) is 10.6. The molecule has 0 aromatic carbocycles. The van der Waals surface area contributed by atoms with E-state index in [9.17, 15) is 4.79 Å². The number of amides is 1. The number of nitrogens with zero attached hydrogens (tertiary/aromatic N) is 3. The first-order valence-electron chi connectivity index (χ1n) is 6.56. The van der Waals surface area contributed by atoms with Crippen molar-refractivity contribution in [1.29, 1.82) is 0 Å². The van der Waals surface area contributed by atoms with E-state index in [0.717, 1.165) is 30.6 Å². The lowest BCUT2D eigenvalue weighted by Gasteiger charge is -2.40. The molecule has 1 aromatic heterocycles. The van der Waals surface area contributed by atoms with Crippen LogP contribution < -0.4 is 5.32 Å². The Morgan fingerprint density at radius 2 is 2.30 bits per heavy atom. The molecule has 8 heteroatoms. The van der Waals surface area contributed by atoms with Crippen LogP contribution in [0.1, 0.15) is 13.8 Å². The zero-order valence-corrected chi connectivity index (χ0v) is 13.4. The van der Waals surface area contributed by atoms with Gasteiger partial charge in [-0.05, 0) is 13.8 Å².